The molecule has 0 bridgehead atoms. The van der Waals surface area contributed by atoms with Crippen LogP contribution in [-0.4, -0.2) is 15.2 Å². The van der Waals surface area contributed by atoms with Gasteiger partial charge in [-0.15, -0.1) is 10.2 Å². The number of aromatic nitrogens is 3. The minimum atomic E-state index is -0.227. The summed E-state index contributed by atoms with van der Waals surface area (Å²) in [5.74, 6) is 0.362. The van der Waals surface area contributed by atoms with Crippen LogP contribution < -0.4 is 10.9 Å². The maximum atomic E-state index is 11.5. The maximum Gasteiger partial charge on any atom is 0.273 e. The van der Waals surface area contributed by atoms with E-state index in [-0.39, 0.29) is 5.56 Å². The Morgan fingerprint density at radius 1 is 1.06 bits per heavy atom. The highest BCUT2D eigenvalue weighted by Crippen LogP contribution is 2.23. The van der Waals surface area contributed by atoms with Crippen LogP contribution >= 0.6 is 0 Å². The van der Waals surface area contributed by atoms with Crippen molar-refractivity contribution >= 4 is 11.6 Å². The molecule has 2 aromatic rings. The van der Waals surface area contributed by atoms with Gasteiger partial charge in [-0.2, -0.15) is 0 Å². The lowest BCUT2D eigenvalue weighted by Gasteiger charge is -2.12. The van der Waals surface area contributed by atoms with E-state index < -0.39 is 0 Å². The van der Waals surface area contributed by atoms with E-state index in [4.69, 9.17) is 0 Å². The summed E-state index contributed by atoms with van der Waals surface area (Å²) in [5.41, 5.74) is 4.51. The number of H-pyrrole nitrogens is 1. The van der Waals surface area contributed by atoms with Crippen molar-refractivity contribution in [1.29, 1.82) is 0 Å². The maximum absolute atomic E-state index is 11.5. The Hall–Kier alpha value is -2.17. The molecule has 0 aliphatic rings. The summed E-state index contributed by atoms with van der Waals surface area (Å²) in [7, 11) is 0. The fraction of sp³-hybridized carbons (Fsp3) is 0.308. The second kappa shape index (κ2) is 4.60. The van der Waals surface area contributed by atoms with Crippen LogP contribution in [0.2, 0.25) is 0 Å². The first-order valence-corrected chi connectivity index (χ1v) is 5.76. The van der Waals surface area contributed by atoms with E-state index in [2.05, 4.69) is 39.6 Å². The average Bonchev–Trinajstić information content (AvgIpc) is 2.28. The Balaban J connectivity index is 2.40. The summed E-state index contributed by atoms with van der Waals surface area (Å²) in [5, 5.41) is 10.8. The molecule has 0 amide bonds. The first-order valence-electron chi connectivity index (χ1n) is 5.76. The van der Waals surface area contributed by atoms with Gasteiger partial charge in [0, 0.05) is 5.69 Å². The number of hydrogen-bond acceptors (Lipinski definition) is 4. The molecule has 2 rings (SSSR count). The Morgan fingerprint density at radius 2 is 1.67 bits per heavy atom. The quantitative estimate of drug-likeness (QED) is 0.849. The van der Waals surface area contributed by atoms with Crippen molar-refractivity contribution in [3.05, 3.63) is 44.9 Å². The Kier molecular flexibility index (Phi) is 3.14. The van der Waals surface area contributed by atoms with E-state index in [0.29, 0.717) is 11.6 Å². The summed E-state index contributed by atoms with van der Waals surface area (Å²) in [4.78, 5) is 14.1. The zero-order valence-corrected chi connectivity index (χ0v) is 11.0. The van der Waals surface area contributed by atoms with Crippen molar-refractivity contribution in [2.24, 2.45) is 0 Å². The smallest absolute Gasteiger partial charge is 0.273 e. The third-order valence-corrected chi connectivity index (χ3v) is 2.78. The third-order valence-electron chi connectivity index (χ3n) is 2.78. The summed E-state index contributed by atoms with van der Waals surface area (Å²) in [6, 6.07) is 4.16. The normalized spacial score (nSPS) is 10.4. The molecule has 5 heteroatoms. The lowest BCUT2D eigenvalue weighted by atomic mass is 10.1. The predicted octanol–water partition coefficient (Wildman–Crippen LogP) is 2.14. The molecule has 0 fully saturated rings. The first-order chi connectivity index (χ1) is 8.47. The minimum absolute atomic E-state index is 0.227. The Morgan fingerprint density at radius 3 is 2.22 bits per heavy atom. The van der Waals surface area contributed by atoms with Crippen LogP contribution in [0.3, 0.4) is 0 Å². The van der Waals surface area contributed by atoms with E-state index >= 15 is 0 Å². The molecule has 1 aromatic heterocycles. The van der Waals surface area contributed by atoms with Crippen molar-refractivity contribution in [1.82, 2.24) is 15.2 Å². The molecular formula is C13H16N4O. The van der Waals surface area contributed by atoms with Crippen LogP contribution in [0.4, 0.5) is 11.6 Å². The molecule has 5 nitrogen and oxygen atoms in total. The predicted molar refractivity (Wildman–Crippen MR) is 71.3 cm³/mol. The lowest BCUT2D eigenvalue weighted by molar-refractivity contribution is 0.907. The Labute approximate surface area is 105 Å². The largest absolute Gasteiger partial charge is 0.324 e. The van der Waals surface area contributed by atoms with Crippen LogP contribution in [0.25, 0.3) is 0 Å². The SMILES string of the molecule is Cc1cc(C)c(Nc2nnc(C)c(=O)[nH]2)c(C)c1. The number of anilines is 2. The molecule has 18 heavy (non-hydrogen) atoms. The Bertz CT molecular complexity index is 623. The highest BCUT2D eigenvalue weighted by molar-refractivity contribution is 5.63. The summed E-state index contributed by atoms with van der Waals surface area (Å²) in [6.07, 6.45) is 0. The first kappa shape index (κ1) is 12.3. The van der Waals surface area contributed by atoms with Crippen molar-refractivity contribution < 1.29 is 0 Å². The molecule has 94 valence electrons. The van der Waals surface area contributed by atoms with E-state index in [9.17, 15) is 4.79 Å². The molecule has 0 atom stereocenters. The number of benzene rings is 1. The van der Waals surface area contributed by atoms with Crippen molar-refractivity contribution in [3.63, 3.8) is 0 Å². The van der Waals surface area contributed by atoms with Gasteiger partial charge in [0.1, 0.15) is 5.69 Å². The van der Waals surface area contributed by atoms with Crippen LogP contribution in [-0.2, 0) is 0 Å². The van der Waals surface area contributed by atoms with Gasteiger partial charge < -0.3 is 5.32 Å². The number of hydrogen-bond donors (Lipinski definition) is 2. The monoisotopic (exact) mass is 244 g/mol. The molecule has 0 aliphatic carbocycles. The third kappa shape index (κ3) is 2.40. The fourth-order valence-corrected chi connectivity index (χ4v) is 1.95. The van der Waals surface area contributed by atoms with Gasteiger partial charge in [-0.05, 0) is 38.8 Å². The summed E-state index contributed by atoms with van der Waals surface area (Å²) in [6.45, 7) is 7.71. The van der Waals surface area contributed by atoms with Crippen LogP contribution in [0, 0.1) is 27.7 Å². The molecule has 2 N–H and O–H groups in total. The zero-order chi connectivity index (χ0) is 13.3. The van der Waals surface area contributed by atoms with Crippen molar-refractivity contribution in [2.45, 2.75) is 27.7 Å². The highest BCUT2D eigenvalue weighted by atomic mass is 16.1. The van der Waals surface area contributed by atoms with Gasteiger partial charge in [-0.25, -0.2) is 0 Å². The number of nitrogens with one attached hydrogen (secondary N) is 2. The van der Waals surface area contributed by atoms with E-state index in [1.807, 2.05) is 13.8 Å². The van der Waals surface area contributed by atoms with Crippen molar-refractivity contribution in [3.8, 4) is 0 Å². The van der Waals surface area contributed by atoms with Gasteiger partial charge in [-0.3, -0.25) is 9.78 Å². The molecule has 1 aromatic carbocycles. The standard InChI is InChI=1S/C13H16N4O/c1-7-5-8(2)11(9(3)6-7)14-13-15-12(18)10(4)16-17-13/h5-6H,1-4H3,(H2,14,15,17,18). The molecule has 0 saturated carbocycles. The highest BCUT2D eigenvalue weighted by Gasteiger charge is 2.06. The van der Waals surface area contributed by atoms with Crippen LogP contribution in [0.1, 0.15) is 22.4 Å². The van der Waals surface area contributed by atoms with Crippen LogP contribution in [0.15, 0.2) is 16.9 Å². The number of nitrogens with zero attached hydrogens (tertiary/aromatic N) is 2. The van der Waals surface area contributed by atoms with Gasteiger partial charge in [-0.1, -0.05) is 17.7 Å². The van der Waals surface area contributed by atoms with E-state index in [1.54, 1.807) is 6.92 Å². The molecule has 0 saturated heterocycles. The minimum Gasteiger partial charge on any atom is -0.324 e. The average molecular weight is 244 g/mol. The van der Waals surface area contributed by atoms with Crippen LogP contribution in [0.5, 0.6) is 0 Å². The second-order valence-electron chi connectivity index (χ2n) is 4.49. The van der Waals surface area contributed by atoms with Gasteiger partial charge in [0.25, 0.3) is 5.56 Å². The summed E-state index contributed by atoms with van der Waals surface area (Å²) >= 11 is 0. The van der Waals surface area contributed by atoms with Gasteiger partial charge in [0.2, 0.25) is 5.95 Å². The fourth-order valence-electron chi connectivity index (χ4n) is 1.95. The van der Waals surface area contributed by atoms with Crippen molar-refractivity contribution in [2.75, 3.05) is 5.32 Å². The lowest BCUT2D eigenvalue weighted by Crippen LogP contribution is -2.16. The van der Waals surface area contributed by atoms with Gasteiger partial charge in [0.05, 0.1) is 0 Å². The molecule has 0 aliphatic heterocycles. The second-order valence-corrected chi connectivity index (χ2v) is 4.49. The van der Waals surface area contributed by atoms with Gasteiger partial charge >= 0.3 is 0 Å². The zero-order valence-electron chi connectivity index (χ0n) is 11.0. The molecule has 0 spiro atoms. The number of rotatable bonds is 2. The number of aryl methyl sites for hydroxylation is 4. The topological polar surface area (TPSA) is 70.7 Å². The van der Waals surface area contributed by atoms with E-state index in [1.165, 1.54) is 5.56 Å². The molecule has 1 heterocycles. The van der Waals surface area contributed by atoms with Gasteiger partial charge in [0.15, 0.2) is 0 Å². The molecule has 0 radical (unpaired) electrons. The van der Waals surface area contributed by atoms with E-state index in [0.717, 1.165) is 16.8 Å². The molecule has 0 unspecified atom stereocenters. The number of aromatic amines is 1. The summed E-state index contributed by atoms with van der Waals surface area (Å²) < 4.78 is 0. The molecular weight excluding hydrogens is 228 g/mol.